The molecule has 148 valence electrons. The Hall–Kier alpha value is -1.96. The first kappa shape index (κ1) is 21.3. The van der Waals surface area contributed by atoms with Crippen molar-refractivity contribution in [3.8, 4) is 11.8 Å². The molecule has 0 unspecified atom stereocenters. The van der Waals surface area contributed by atoms with Crippen LogP contribution >= 0.6 is 0 Å². The quantitative estimate of drug-likeness (QED) is 0.343. The molecule has 0 radical (unpaired) electrons. The Morgan fingerprint density at radius 1 is 1.00 bits per heavy atom. The zero-order valence-corrected chi connectivity index (χ0v) is 15.7. The van der Waals surface area contributed by atoms with Crippen molar-refractivity contribution in [3.63, 3.8) is 0 Å². The summed E-state index contributed by atoms with van der Waals surface area (Å²) in [5, 5.41) is 8.48. The van der Waals surface area contributed by atoms with Crippen LogP contribution in [-0.2, 0) is 6.42 Å². The highest BCUT2D eigenvalue weighted by Gasteiger charge is 2.30. The van der Waals surface area contributed by atoms with Crippen LogP contribution in [0.25, 0.3) is 0 Å². The average molecular weight is 379 g/mol. The molecule has 0 heterocycles. The van der Waals surface area contributed by atoms with E-state index in [1.165, 1.54) is 57.1 Å². The Bertz CT molecular complexity index is 608. The fourth-order valence-electron chi connectivity index (χ4n) is 3.90. The number of halogens is 3. The van der Waals surface area contributed by atoms with Gasteiger partial charge in [0.15, 0.2) is 0 Å². The van der Waals surface area contributed by atoms with Crippen molar-refractivity contribution in [2.45, 2.75) is 70.6 Å². The Morgan fingerprint density at radius 3 is 2.22 bits per heavy atom. The fourth-order valence-corrected chi connectivity index (χ4v) is 3.90. The zero-order chi connectivity index (χ0) is 19.5. The maximum absolute atomic E-state index is 12.1. The number of nitrogens with zero attached hydrogens (tertiary/aromatic N) is 1. The van der Waals surface area contributed by atoms with Gasteiger partial charge in [-0.25, -0.2) is 0 Å². The van der Waals surface area contributed by atoms with E-state index < -0.39 is 6.36 Å². The Labute approximate surface area is 160 Å². The molecular weight excluding hydrogens is 351 g/mol. The van der Waals surface area contributed by atoms with Gasteiger partial charge < -0.3 is 4.74 Å². The van der Waals surface area contributed by atoms with Crippen molar-refractivity contribution >= 4 is 0 Å². The number of unbranched alkanes of at least 4 members (excludes halogenated alkanes) is 1. The first-order valence-electron chi connectivity index (χ1n) is 9.85. The number of hydrogen-bond acceptors (Lipinski definition) is 2. The summed E-state index contributed by atoms with van der Waals surface area (Å²) in [5.41, 5.74) is 1.05. The summed E-state index contributed by atoms with van der Waals surface area (Å²) in [6.07, 6.45) is 10.7. The van der Waals surface area contributed by atoms with Crippen LogP contribution in [-0.4, -0.2) is 6.36 Å². The van der Waals surface area contributed by atoms with Gasteiger partial charge in [-0.3, -0.25) is 0 Å². The molecule has 5 heteroatoms. The summed E-state index contributed by atoms with van der Waals surface area (Å²) in [6.45, 7) is 0. The van der Waals surface area contributed by atoms with Gasteiger partial charge in [0.05, 0.1) is 6.07 Å². The second-order valence-corrected chi connectivity index (χ2v) is 7.43. The largest absolute Gasteiger partial charge is 0.573 e. The van der Waals surface area contributed by atoms with Crippen LogP contribution in [0.2, 0.25) is 0 Å². The minimum absolute atomic E-state index is 0.161. The molecule has 1 aliphatic rings. The molecular formula is C22H28F3NO. The van der Waals surface area contributed by atoms with Gasteiger partial charge in [-0.2, -0.15) is 5.26 Å². The maximum Gasteiger partial charge on any atom is 0.573 e. The predicted molar refractivity (Wildman–Crippen MR) is 100 cm³/mol. The third-order valence-electron chi connectivity index (χ3n) is 5.39. The Morgan fingerprint density at radius 2 is 1.63 bits per heavy atom. The zero-order valence-electron chi connectivity index (χ0n) is 15.7. The van der Waals surface area contributed by atoms with Crippen molar-refractivity contribution in [1.29, 1.82) is 5.26 Å². The van der Waals surface area contributed by atoms with E-state index in [-0.39, 0.29) is 5.75 Å². The van der Waals surface area contributed by atoms with Crippen LogP contribution in [0, 0.1) is 23.2 Å². The molecule has 0 spiro atoms. The maximum atomic E-state index is 12.1. The van der Waals surface area contributed by atoms with Gasteiger partial charge in [0.25, 0.3) is 0 Å². The molecule has 1 fully saturated rings. The van der Waals surface area contributed by atoms with Crippen LogP contribution in [0.5, 0.6) is 5.75 Å². The van der Waals surface area contributed by atoms with E-state index >= 15 is 0 Å². The van der Waals surface area contributed by atoms with Crippen molar-refractivity contribution < 1.29 is 17.9 Å². The first-order valence-corrected chi connectivity index (χ1v) is 9.85. The Balaban J connectivity index is 1.57. The summed E-state index contributed by atoms with van der Waals surface area (Å²) in [4.78, 5) is 0. The van der Waals surface area contributed by atoms with Crippen molar-refractivity contribution in [2.75, 3.05) is 0 Å². The van der Waals surface area contributed by atoms with Gasteiger partial charge >= 0.3 is 6.36 Å². The van der Waals surface area contributed by atoms with Crippen molar-refractivity contribution in [3.05, 3.63) is 42.0 Å². The summed E-state index contributed by atoms with van der Waals surface area (Å²) >= 11 is 0. The lowest BCUT2D eigenvalue weighted by Crippen LogP contribution is -2.17. The third-order valence-corrected chi connectivity index (χ3v) is 5.39. The molecule has 2 rings (SSSR count). The molecule has 0 aliphatic heterocycles. The van der Waals surface area contributed by atoms with E-state index in [4.69, 9.17) is 5.26 Å². The first-order chi connectivity index (χ1) is 13.0. The number of alkyl halides is 3. The van der Waals surface area contributed by atoms with Gasteiger partial charge in [-0.15, -0.1) is 13.2 Å². The van der Waals surface area contributed by atoms with E-state index in [2.05, 4.69) is 4.74 Å². The topological polar surface area (TPSA) is 33.0 Å². The molecule has 27 heavy (non-hydrogen) atoms. The van der Waals surface area contributed by atoms with Gasteiger partial charge in [-0.05, 0) is 55.2 Å². The second-order valence-electron chi connectivity index (χ2n) is 7.43. The van der Waals surface area contributed by atoms with Crippen LogP contribution in [0.4, 0.5) is 13.2 Å². The Kier molecular flexibility index (Phi) is 8.71. The number of aryl methyl sites for hydroxylation is 1. The lowest BCUT2D eigenvalue weighted by molar-refractivity contribution is -0.274. The molecule has 1 aromatic rings. The minimum Gasteiger partial charge on any atom is -0.406 e. The standard InChI is InChI=1S/C22H28F3NO/c23-22(24,25)27-21-15-13-20(14-16-21)8-4-3-7-19-11-9-18(10-12-19)6-2-1-5-17-26/h1,5,13-16,18-19H,2-4,6-12H2/b5-1+. The van der Waals surface area contributed by atoms with Crippen LogP contribution < -0.4 is 4.74 Å². The molecule has 1 aliphatic carbocycles. The molecule has 0 amide bonds. The number of allylic oxidation sites excluding steroid dienone is 2. The predicted octanol–water partition coefficient (Wildman–Crippen LogP) is 6.96. The second kappa shape index (κ2) is 11.0. The highest BCUT2D eigenvalue weighted by atomic mass is 19.4. The van der Waals surface area contributed by atoms with E-state index in [0.717, 1.165) is 36.7 Å². The highest BCUT2D eigenvalue weighted by molar-refractivity contribution is 5.27. The number of benzene rings is 1. The summed E-state index contributed by atoms with van der Waals surface area (Å²) in [6, 6.07) is 8.23. The molecule has 0 bridgehead atoms. The van der Waals surface area contributed by atoms with Gasteiger partial charge in [0.1, 0.15) is 5.75 Å². The van der Waals surface area contributed by atoms with E-state index in [0.29, 0.717) is 0 Å². The smallest absolute Gasteiger partial charge is 0.406 e. The molecule has 0 saturated heterocycles. The molecule has 1 saturated carbocycles. The van der Waals surface area contributed by atoms with E-state index in [9.17, 15) is 13.2 Å². The molecule has 2 nitrogen and oxygen atoms in total. The minimum atomic E-state index is -4.63. The monoisotopic (exact) mass is 379 g/mol. The molecule has 0 aromatic heterocycles. The van der Waals surface area contributed by atoms with Crippen LogP contribution in [0.1, 0.15) is 63.4 Å². The normalized spacial score (nSPS) is 20.5. The number of rotatable bonds is 9. The molecule has 0 N–H and O–H groups in total. The van der Waals surface area contributed by atoms with Gasteiger partial charge in [-0.1, -0.05) is 56.7 Å². The average Bonchev–Trinajstić information content (AvgIpc) is 2.63. The van der Waals surface area contributed by atoms with Crippen LogP contribution in [0.15, 0.2) is 36.4 Å². The van der Waals surface area contributed by atoms with Gasteiger partial charge in [0.2, 0.25) is 0 Å². The summed E-state index contributed by atoms with van der Waals surface area (Å²) in [5.74, 6) is 1.46. The highest BCUT2D eigenvalue weighted by Crippen LogP contribution is 2.34. The van der Waals surface area contributed by atoms with Gasteiger partial charge in [0, 0.05) is 6.08 Å². The molecule has 1 aromatic carbocycles. The summed E-state index contributed by atoms with van der Waals surface area (Å²) in [7, 11) is 0. The van der Waals surface area contributed by atoms with E-state index in [1.54, 1.807) is 18.2 Å². The van der Waals surface area contributed by atoms with Crippen molar-refractivity contribution in [2.24, 2.45) is 11.8 Å². The lowest BCUT2D eigenvalue weighted by atomic mass is 9.78. The SMILES string of the molecule is N#C/C=C/CCC1CCC(CCCCc2ccc(OC(F)(F)F)cc2)CC1. The number of ether oxygens (including phenoxy) is 1. The van der Waals surface area contributed by atoms with E-state index in [1.807, 2.05) is 12.1 Å². The molecule has 0 atom stereocenters. The number of nitriles is 1. The lowest BCUT2D eigenvalue weighted by Gasteiger charge is -2.28. The fraction of sp³-hybridized carbons (Fsp3) is 0.591. The number of hydrogen-bond donors (Lipinski definition) is 0. The van der Waals surface area contributed by atoms with Crippen LogP contribution in [0.3, 0.4) is 0 Å². The summed E-state index contributed by atoms with van der Waals surface area (Å²) < 4.78 is 40.3. The van der Waals surface area contributed by atoms with Crippen molar-refractivity contribution in [1.82, 2.24) is 0 Å². The third kappa shape index (κ3) is 8.99.